The van der Waals surface area contributed by atoms with Gasteiger partial charge < -0.3 is 10.2 Å². The van der Waals surface area contributed by atoms with Gasteiger partial charge in [-0.05, 0) is 60.8 Å². The van der Waals surface area contributed by atoms with Crippen molar-refractivity contribution in [2.45, 2.75) is 38.5 Å². The second kappa shape index (κ2) is 6.67. The van der Waals surface area contributed by atoms with Crippen LogP contribution < -0.4 is 10.0 Å². The molecule has 0 bridgehead atoms. The minimum atomic E-state index is -4.03. The third-order valence-electron chi connectivity index (χ3n) is 4.77. The summed E-state index contributed by atoms with van der Waals surface area (Å²) >= 11 is 0. The molecule has 3 amide bonds. The maximum Gasteiger partial charge on any atom is 0.332 e. The highest BCUT2D eigenvalue weighted by atomic mass is 32.2. The fourth-order valence-electron chi connectivity index (χ4n) is 3.58. The molecular weight excluding hydrogens is 342 g/mol. The van der Waals surface area contributed by atoms with Crippen LogP contribution in [0.25, 0.3) is 0 Å². The molecule has 2 aliphatic carbocycles. The highest BCUT2D eigenvalue weighted by Crippen LogP contribution is 2.38. The van der Waals surface area contributed by atoms with E-state index in [9.17, 15) is 18.0 Å². The molecule has 136 valence electrons. The van der Waals surface area contributed by atoms with E-state index in [1.54, 1.807) is 0 Å². The smallest absolute Gasteiger partial charge is 0.332 e. The van der Waals surface area contributed by atoms with Gasteiger partial charge in [0.25, 0.3) is 0 Å². The lowest BCUT2D eigenvalue weighted by molar-refractivity contribution is -0.125. The molecule has 8 heteroatoms. The van der Waals surface area contributed by atoms with Gasteiger partial charge in [0.1, 0.15) is 5.75 Å². The van der Waals surface area contributed by atoms with Crippen molar-refractivity contribution >= 4 is 27.6 Å². The molecule has 7 nitrogen and oxygen atoms in total. The number of hydrogen-bond acceptors (Lipinski definition) is 4. The number of sulfonamides is 1. The van der Waals surface area contributed by atoms with E-state index >= 15 is 0 Å². The van der Waals surface area contributed by atoms with E-state index in [2.05, 4.69) is 11.4 Å². The van der Waals surface area contributed by atoms with Crippen molar-refractivity contribution in [3.8, 4) is 0 Å². The van der Waals surface area contributed by atoms with Crippen molar-refractivity contribution in [3.05, 3.63) is 28.3 Å². The predicted molar refractivity (Wildman–Crippen MR) is 95.1 cm³/mol. The van der Waals surface area contributed by atoms with Crippen molar-refractivity contribution < 1.29 is 18.0 Å². The Labute approximate surface area is 147 Å². The van der Waals surface area contributed by atoms with Crippen LogP contribution in [-0.4, -0.2) is 45.1 Å². The first-order valence-electron chi connectivity index (χ1n) is 8.45. The molecule has 3 rings (SSSR count). The zero-order valence-electron chi connectivity index (χ0n) is 14.5. The molecule has 0 aromatic heterocycles. The number of urea groups is 1. The Bertz CT molecular complexity index is 799. The van der Waals surface area contributed by atoms with Gasteiger partial charge in [0, 0.05) is 19.8 Å². The number of aryl methyl sites for hydroxylation is 2. The SMILES string of the molecule is CN(C)C(=O)CS(=O)(=O)NC(=O)Nc1c2c(cc3c1CCC3)CCC2. The van der Waals surface area contributed by atoms with Crippen molar-refractivity contribution in [3.63, 3.8) is 0 Å². The quantitative estimate of drug-likeness (QED) is 0.838. The third kappa shape index (κ3) is 3.78. The molecule has 0 spiro atoms. The average Bonchev–Trinajstić information content (AvgIpc) is 3.13. The van der Waals surface area contributed by atoms with Crippen LogP contribution >= 0.6 is 0 Å². The summed E-state index contributed by atoms with van der Waals surface area (Å²) < 4.78 is 25.9. The van der Waals surface area contributed by atoms with Crippen LogP contribution in [-0.2, 0) is 40.5 Å². The second-order valence-corrected chi connectivity index (χ2v) is 8.56. The van der Waals surface area contributed by atoms with Crippen molar-refractivity contribution in [1.82, 2.24) is 9.62 Å². The number of nitrogens with one attached hydrogen (secondary N) is 2. The minimum Gasteiger partial charge on any atom is -0.348 e. The topological polar surface area (TPSA) is 95.6 Å². The number of fused-ring (bicyclic) bond motifs is 2. The number of anilines is 1. The standard InChI is InChI=1S/C17H23N3O4S/c1-20(2)15(21)10-25(23,24)19-17(22)18-16-13-7-3-5-11(13)9-12-6-4-8-14(12)16/h9H,3-8,10H2,1-2H3,(H2,18,19,22). The van der Waals surface area contributed by atoms with Gasteiger partial charge in [-0.1, -0.05) is 6.07 Å². The van der Waals surface area contributed by atoms with Gasteiger partial charge in [-0.25, -0.2) is 17.9 Å². The molecule has 1 aromatic rings. The van der Waals surface area contributed by atoms with Crippen LogP contribution in [0, 0.1) is 0 Å². The molecular formula is C17H23N3O4S. The predicted octanol–water partition coefficient (Wildman–Crippen LogP) is 1.20. The summed E-state index contributed by atoms with van der Waals surface area (Å²) in [6.45, 7) is 0. The van der Waals surface area contributed by atoms with Crippen molar-refractivity contribution in [2.24, 2.45) is 0 Å². The average molecular weight is 365 g/mol. The van der Waals surface area contributed by atoms with Crippen LogP contribution in [0.4, 0.5) is 10.5 Å². The van der Waals surface area contributed by atoms with Gasteiger partial charge in [0.05, 0.1) is 0 Å². The number of benzene rings is 1. The number of hydrogen-bond donors (Lipinski definition) is 2. The Morgan fingerprint density at radius 2 is 1.60 bits per heavy atom. The fraction of sp³-hybridized carbons (Fsp3) is 0.529. The van der Waals surface area contributed by atoms with Crippen LogP contribution in [0.1, 0.15) is 35.1 Å². The van der Waals surface area contributed by atoms with Crippen LogP contribution in [0.3, 0.4) is 0 Å². The van der Waals surface area contributed by atoms with Gasteiger partial charge in [-0.3, -0.25) is 4.79 Å². The summed E-state index contributed by atoms with van der Waals surface area (Å²) in [5.41, 5.74) is 5.52. The number of carbonyl (C=O) groups is 2. The van der Waals surface area contributed by atoms with Crippen LogP contribution in [0.5, 0.6) is 0 Å². The van der Waals surface area contributed by atoms with Crippen molar-refractivity contribution in [1.29, 1.82) is 0 Å². The van der Waals surface area contributed by atoms with E-state index in [0.717, 1.165) is 55.3 Å². The molecule has 0 saturated heterocycles. The summed E-state index contributed by atoms with van der Waals surface area (Å²) in [5, 5.41) is 2.75. The monoisotopic (exact) mass is 365 g/mol. The number of amides is 3. The molecule has 0 radical (unpaired) electrons. The van der Waals surface area contributed by atoms with E-state index in [-0.39, 0.29) is 0 Å². The molecule has 0 aliphatic heterocycles. The number of carbonyl (C=O) groups excluding carboxylic acids is 2. The molecule has 0 saturated carbocycles. The Hall–Kier alpha value is -2.09. The van der Waals surface area contributed by atoms with E-state index in [4.69, 9.17) is 0 Å². The normalized spacial score (nSPS) is 15.4. The third-order valence-corrected chi connectivity index (χ3v) is 5.90. The first-order chi connectivity index (χ1) is 11.8. The molecule has 0 unspecified atom stereocenters. The first kappa shape index (κ1) is 17.7. The molecule has 1 aromatic carbocycles. The summed E-state index contributed by atoms with van der Waals surface area (Å²) in [7, 11) is -1.09. The summed E-state index contributed by atoms with van der Waals surface area (Å²) in [4.78, 5) is 25.0. The number of nitrogens with zero attached hydrogens (tertiary/aromatic N) is 1. The highest BCUT2D eigenvalue weighted by molar-refractivity contribution is 7.90. The molecule has 2 N–H and O–H groups in total. The van der Waals surface area contributed by atoms with Gasteiger partial charge in [-0.2, -0.15) is 0 Å². The molecule has 25 heavy (non-hydrogen) atoms. The van der Waals surface area contributed by atoms with Crippen LogP contribution in [0.2, 0.25) is 0 Å². The largest absolute Gasteiger partial charge is 0.348 e. The lowest BCUT2D eigenvalue weighted by Gasteiger charge is -2.17. The van der Waals surface area contributed by atoms with E-state index in [1.807, 2.05) is 4.72 Å². The van der Waals surface area contributed by atoms with E-state index < -0.39 is 27.7 Å². The first-order valence-corrected chi connectivity index (χ1v) is 10.1. The minimum absolute atomic E-state index is 0.582. The van der Waals surface area contributed by atoms with Crippen molar-refractivity contribution in [2.75, 3.05) is 25.2 Å². The van der Waals surface area contributed by atoms with E-state index in [1.165, 1.54) is 30.1 Å². The Balaban J connectivity index is 1.77. The maximum atomic E-state index is 12.3. The van der Waals surface area contributed by atoms with Gasteiger partial charge in [0.15, 0.2) is 0 Å². The summed E-state index contributed by atoms with van der Waals surface area (Å²) in [6.07, 6.45) is 5.87. The maximum absolute atomic E-state index is 12.3. The Morgan fingerprint density at radius 1 is 1.04 bits per heavy atom. The highest BCUT2D eigenvalue weighted by Gasteiger charge is 2.26. The molecule has 2 aliphatic rings. The van der Waals surface area contributed by atoms with Gasteiger partial charge in [0.2, 0.25) is 15.9 Å². The molecule has 0 fully saturated rings. The molecule has 0 atom stereocenters. The summed E-state index contributed by atoms with van der Waals surface area (Å²) in [6, 6.07) is 1.43. The Morgan fingerprint density at radius 3 is 2.12 bits per heavy atom. The summed E-state index contributed by atoms with van der Waals surface area (Å²) in [5.74, 6) is -1.33. The van der Waals surface area contributed by atoms with E-state index in [0.29, 0.717) is 0 Å². The lowest BCUT2D eigenvalue weighted by Crippen LogP contribution is -2.40. The Kier molecular flexibility index (Phi) is 4.73. The zero-order chi connectivity index (χ0) is 18.2. The van der Waals surface area contributed by atoms with Crippen LogP contribution in [0.15, 0.2) is 6.07 Å². The number of rotatable bonds is 4. The zero-order valence-corrected chi connectivity index (χ0v) is 15.3. The molecule has 0 heterocycles. The van der Waals surface area contributed by atoms with Gasteiger partial charge in [-0.15, -0.1) is 0 Å². The lowest BCUT2D eigenvalue weighted by atomic mass is 9.99. The fourth-order valence-corrected chi connectivity index (χ4v) is 4.56. The second-order valence-electron chi connectivity index (χ2n) is 6.84. The van der Waals surface area contributed by atoms with Gasteiger partial charge >= 0.3 is 6.03 Å².